The molecule has 0 heterocycles. The fraction of sp³-hybridized carbons (Fsp3) is 0.167. The quantitative estimate of drug-likeness (QED) is 0.585. The molecular formula is C12H14O6. The van der Waals surface area contributed by atoms with Crippen molar-refractivity contribution in [1.29, 1.82) is 0 Å². The molecule has 0 bridgehead atoms. The summed E-state index contributed by atoms with van der Waals surface area (Å²) >= 11 is 0. The van der Waals surface area contributed by atoms with E-state index in [1.165, 1.54) is 36.4 Å². The van der Waals surface area contributed by atoms with Gasteiger partial charge in [-0.3, -0.25) is 0 Å². The summed E-state index contributed by atoms with van der Waals surface area (Å²) < 4.78 is 0. The molecule has 0 fully saturated rings. The Morgan fingerprint density at radius 2 is 1.11 bits per heavy atom. The van der Waals surface area contributed by atoms with Gasteiger partial charge in [0.15, 0.2) is 0 Å². The molecular weight excluding hydrogens is 240 g/mol. The van der Waals surface area contributed by atoms with Gasteiger partial charge in [-0.15, -0.1) is 0 Å². The second kappa shape index (κ2) is 8.91. The molecule has 4 N–H and O–H groups in total. The first-order chi connectivity index (χ1) is 8.52. The number of carboxylic acids is 2. The van der Waals surface area contributed by atoms with Crippen molar-refractivity contribution in [3.8, 4) is 0 Å². The molecule has 0 aromatic heterocycles. The molecule has 18 heavy (non-hydrogen) atoms. The maximum Gasteiger partial charge on any atom is 0.335 e. The van der Waals surface area contributed by atoms with E-state index in [2.05, 4.69) is 0 Å². The summed E-state index contributed by atoms with van der Waals surface area (Å²) in [5.74, 6) is -2.13. The van der Waals surface area contributed by atoms with Crippen LogP contribution in [0.4, 0.5) is 0 Å². The van der Waals surface area contributed by atoms with Crippen LogP contribution in [0.1, 0.15) is 20.7 Å². The number of hydrogen-bond donors (Lipinski definition) is 4. The fourth-order valence-corrected chi connectivity index (χ4v) is 0.904. The maximum absolute atomic E-state index is 10.3. The summed E-state index contributed by atoms with van der Waals surface area (Å²) in [6.07, 6.45) is 2.97. The van der Waals surface area contributed by atoms with Crippen molar-refractivity contribution in [2.24, 2.45) is 0 Å². The molecule has 0 radical (unpaired) electrons. The van der Waals surface area contributed by atoms with Crippen molar-refractivity contribution in [2.75, 3.05) is 13.2 Å². The van der Waals surface area contributed by atoms with Gasteiger partial charge in [0, 0.05) is 0 Å². The lowest BCUT2D eigenvalue weighted by Gasteiger charge is -1.94. The number of aromatic carboxylic acids is 2. The first-order valence-corrected chi connectivity index (χ1v) is 4.96. The van der Waals surface area contributed by atoms with Crippen LogP contribution in [0.15, 0.2) is 36.4 Å². The lowest BCUT2D eigenvalue weighted by Crippen LogP contribution is -1.99. The zero-order valence-electron chi connectivity index (χ0n) is 9.48. The molecule has 98 valence electrons. The first-order valence-electron chi connectivity index (χ1n) is 4.96. The minimum atomic E-state index is -1.06. The van der Waals surface area contributed by atoms with E-state index in [4.69, 9.17) is 20.4 Å². The van der Waals surface area contributed by atoms with E-state index in [0.717, 1.165) is 0 Å². The van der Waals surface area contributed by atoms with Gasteiger partial charge in [0.25, 0.3) is 0 Å². The Morgan fingerprint density at radius 3 is 1.28 bits per heavy atom. The molecule has 1 rings (SSSR count). The van der Waals surface area contributed by atoms with Gasteiger partial charge in [0.1, 0.15) is 0 Å². The largest absolute Gasteiger partial charge is 0.478 e. The average molecular weight is 254 g/mol. The maximum atomic E-state index is 10.3. The van der Waals surface area contributed by atoms with Gasteiger partial charge in [0.05, 0.1) is 24.3 Å². The van der Waals surface area contributed by atoms with E-state index in [-0.39, 0.29) is 24.3 Å². The number of benzene rings is 1. The van der Waals surface area contributed by atoms with Crippen LogP contribution >= 0.6 is 0 Å². The normalized spacial score (nSPS) is 9.67. The molecule has 6 heteroatoms. The Morgan fingerprint density at radius 1 is 0.833 bits per heavy atom. The summed E-state index contributed by atoms with van der Waals surface area (Å²) in [5, 5.41) is 32.9. The van der Waals surface area contributed by atoms with Crippen molar-refractivity contribution in [3.05, 3.63) is 47.5 Å². The van der Waals surface area contributed by atoms with Crippen molar-refractivity contribution in [1.82, 2.24) is 0 Å². The zero-order chi connectivity index (χ0) is 14.0. The number of carboxylic acid groups (broad SMARTS) is 2. The summed E-state index contributed by atoms with van der Waals surface area (Å²) in [6.45, 7) is 0.0289. The van der Waals surface area contributed by atoms with Crippen LogP contribution in [0, 0.1) is 0 Å². The van der Waals surface area contributed by atoms with Crippen LogP contribution in [-0.2, 0) is 0 Å². The summed E-state index contributed by atoms with van der Waals surface area (Å²) in [4.78, 5) is 20.7. The van der Waals surface area contributed by atoms with Crippen LogP contribution in [0.25, 0.3) is 0 Å². The minimum absolute atomic E-state index is 0.0144. The highest BCUT2D eigenvalue weighted by molar-refractivity contribution is 5.91. The summed E-state index contributed by atoms with van der Waals surface area (Å²) in [6, 6.07) is 5.02. The van der Waals surface area contributed by atoms with E-state index < -0.39 is 11.9 Å². The van der Waals surface area contributed by atoms with Gasteiger partial charge in [-0.2, -0.15) is 0 Å². The Bertz CT molecular complexity index is 368. The molecule has 0 atom stereocenters. The lowest BCUT2D eigenvalue weighted by atomic mass is 10.1. The third-order valence-corrected chi connectivity index (χ3v) is 1.76. The van der Waals surface area contributed by atoms with Gasteiger partial charge in [-0.05, 0) is 24.3 Å². The fourth-order valence-electron chi connectivity index (χ4n) is 0.904. The van der Waals surface area contributed by atoms with Crippen LogP contribution in [0.5, 0.6) is 0 Å². The molecule has 0 saturated heterocycles. The Hall–Kier alpha value is -2.18. The predicted octanol–water partition coefficient (Wildman–Crippen LogP) is 0.610. The molecule has 6 nitrogen and oxygen atoms in total. The molecule has 0 aliphatic rings. The highest BCUT2D eigenvalue weighted by Crippen LogP contribution is 2.03. The smallest absolute Gasteiger partial charge is 0.335 e. The van der Waals surface area contributed by atoms with E-state index in [1.807, 2.05) is 0 Å². The van der Waals surface area contributed by atoms with E-state index in [1.54, 1.807) is 0 Å². The third-order valence-electron chi connectivity index (χ3n) is 1.76. The second-order valence-corrected chi connectivity index (χ2v) is 3.02. The van der Waals surface area contributed by atoms with Gasteiger partial charge in [-0.1, -0.05) is 12.2 Å². The van der Waals surface area contributed by atoms with Crippen molar-refractivity contribution in [2.45, 2.75) is 0 Å². The molecule has 1 aromatic carbocycles. The van der Waals surface area contributed by atoms with Crippen LogP contribution in [0.3, 0.4) is 0 Å². The monoisotopic (exact) mass is 254 g/mol. The van der Waals surface area contributed by atoms with E-state index in [0.29, 0.717) is 0 Å². The van der Waals surface area contributed by atoms with Gasteiger partial charge < -0.3 is 20.4 Å². The van der Waals surface area contributed by atoms with Crippen LogP contribution in [-0.4, -0.2) is 45.6 Å². The van der Waals surface area contributed by atoms with Crippen molar-refractivity contribution < 1.29 is 30.0 Å². The van der Waals surface area contributed by atoms with Crippen molar-refractivity contribution >= 4 is 11.9 Å². The molecule has 0 aliphatic heterocycles. The topological polar surface area (TPSA) is 115 Å². The molecule has 0 unspecified atom stereocenters. The summed E-state index contributed by atoms with van der Waals surface area (Å²) in [5.41, 5.74) is 0.167. The Kier molecular flexibility index (Phi) is 7.83. The molecule has 0 spiro atoms. The number of rotatable bonds is 4. The summed E-state index contributed by atoms with van der Waals surface area (Å²) in [7, 11) is 0. The van der Waals surface area contributed by atoms with Crippen molar-refractivity contribution in [3.63, 3.8) is 0 Å². The van der Waals surface area contributed by atoms with Crippen LogP contribution < -0.4 is 0 Å². The molecule has 0 saturated carbocycles. The standard InChI is InChI=1S/C8H6O4.C4H8O2/c9-7(10)5-1-2-6(4-3-5)8(11)12;5-3-1-2-4-6/h1-4H,(H,9,10)(H,11,12);1-2,5-6H,3-4H2. The van der Waals surface area contributed by atoms with Crippen LogP contribution in [0.2, 0.25) is 0 Å². The number of aliphatic hydroxyl groups excluding tert-OH is 2. The minimum Gasteiger partial charge on any atom is -0.478 e. The SMILES string of the molecule is O=C(O)c1ccc(C(=O)O)cc1.OCC=CCO. The van der Waals surface area contributed by atoms with Gasteiger partial charge in [-0.25, -0.2) is 9.59 Å². The second-order valence-electron chi connectivity index (χ2n) is 3.02. The highest BCUT2D eigenvalue weighted by Gasteiger charge is 2.04. The average Bonchev–Trinajstić information content (AvgIpc) is 2.37. The number of carbonyl (C=O) groups is 2. The Balaban J connectivity index is 0.000000411. The van der Waals surface area contributed by atoms with Gasteiger partial charge in [0.2, 0.25) is 0 Å². The van der Waals surface area contributed by atoms with E-state index in [9.17, 15) is 9.59 Å². The number of hydrogen-bond acceptors (Lipinski definition) is 4. The lowest BCUT2D eigenvalue weighted by molar-refractivity contribution is 0.0681. The predicted molar refractivity (Wildman–Crippen MR) is 63.7 cm³/mol. The first kappa shape index (κ1) is 15.8. The Labute approximate surface area is 103 Å². The zero-order valence-corrected chi connectivity index (χ0v) is 9.48. The number of aliphatic hydroxyl groups is 2. The molecule has 1 aromatic rings. The highest BCUT2D eigenvalue weighted by atomic mass is 16.4. The molecule has 0 aliphatic carbocycles. The molecule has 0 amide bonds. The third kappa shape index (κ3) is 6.41. The van der Waals surface area contributed by atoms with E-state index >= 15 is 0 Å². The van der Waals surface area contributed by atoms with Gasteiger partial charge >= 0.3 is 11.9 Å².